The summed E-state index contributed by atoms with van der Waals surface area (Å²) < 4.78 is 24.6. The molecule has 0 bridgehead atoms. The largest absolute Gasteiger partial charge is 0.466 e. The lowest BCUT2D eigenvalue weighted by Gasteiger charge is -2.31. The molecule has 2 aromatic heterocycles. The van der Waals surface area contributed by atoms with E-state index in [0.29, 0.717) is 31.6 Å². The van der Waals surface area contributed by atoms with Gasteiger partial charge in [-0.05, 0) is 44.0 Å². The van der Waals surface area contributed by atoms with Crippen LogP contribution in [0.15, 0.2) is 39.9 Å². The van der Waals surface area contributed by atoms with E-state index in [0.717, 1.165) is 0 Å². The number of fused-ring (bicyclic) bond motifs is 1. The van der Waals surface area contributed by atoms with Crippen molar-refractivity contribution in [3.05, 3.63) is 46.8 Å². The molecule has 4 rings (SSSR count). The van der Waals surface area contributed by atoms with Gasteiger partial charge in [-0.2, -0.15) is 0 Å². The number of piperidine rings is 1. The van der Waals surface area contributed by atoms with Crippen LogP contribution in [0, 0.1) is 11.7 Å². The molecule has 0 spiro atoms. The highest BCUT2D eigenvalue weighted by atomic mass is 19.1. The van der Waals surface area contributed by atoms with E-state index in [1.807, 2.05) is 0 Å². The fourth-order valence-electron chi connectivity index (χ4n) is 3.70. The van der Waals surface area contributed by atoms with Crippen LogP contribution in [0.25, 0.3) is 22.4 Å². The monoisotopic (exact) mass is 428 g/mol. The molecule has 0 N–H and O–H groups in total. The summed E-state index contributed by atoms with van der Waals surface area (Å²) in [6, 6.07) is 5.48. The van der Waals surface area contributed by atoms with E-state index >= 15 is 0 Å². The molecular formula is C21H21FN4O5. The Bertz CT molecular complexity index is 1170. The van der Waals surface area contributed by atoms with Crippen LogP contribution in [0.5, 0.6) is 0 Å². The van der Waals surface area contributed by atoms with Crippen molar-refractivity contribution in [1.82, 2.24) is 19.6 Å². The van der Waals surface area contributed by atoms with Crippen molar-refractivity contribution in [1.29, 1.82) is 0 Å². The number of hydrogen-bond acceptors (Lipinski definition) is 7. The highest BCUT2D eigenvalue weighted by Gasteiger charge is 2.29. The van der Waals surface area contributed by atoms with Gasteiger partial charge in [0.15, 0.2) is 0 Å². The Balaban J connectivity index is 1.57. The molecule has 1 saturated heterocycles. The van der Waals surface area contributed by atoms with Crippen LogP contribution in [-0.2, 0) is 20.9 Å². The third-order valence-corrected chi connectivity index (χ3v) is 5.28. The minimum absolute atomic E-state index is 0.0355. The Morgan fingerprint density at radius 3 is 2.81 bits per heavy atom. The Kier molecular flexibility index (Phi) is 5.79. The molecule has 1 aliphatic rings. The number of carbonyl (C=O) groups is 2. The number of halogens is 1. The Morgan fingerprint density at radius 2 is 2.06 bits per heavy atom. The van der Waals surface area contributed by atoms with Crippen LogP contribution < -0.4 is 5.56 Å². The van der Waals surface area contributed by atoms with Gasteiger partial charge in [-0.1, -0.05) is 5.16 Å². The quantitative estimate of drug-likeness (QED) is 0.572. The molecule has 162 valence electrons. The number of nitrogens with zero attached hydrogens (tertiary/aromatic N) is 4. The van der Waals surface area contributed by atoms with Gasteiger partial charge < -0.3 is 14.2 Å². The second-order valence-electron chi connectivity index (χ2n) is 7.33. The number of benzene rings is 1. The van der Waals surface area contributed by atoms with Gasteiger partial charge in [0.25, 0.3) is 11.3 Å². The molecule has 1 fully saturated rings. The third-order valence-electron chi connectivity index (χ3n) is 5.28. The highest BCUT2D eigenvalue weighted by Crippen LogP contribution is 2.24. The van der Waals surface area contributed by atoms with Gasteiger partial charge in [0.05, 0.1) is 12.5 Å². The van der Waals surface area contributed by atoms with Crippen molar-refractivity contribution < 1.29 is 23.2 Å². The summed E-state index contributed by atoms with van der Waals surface area (Å²) in [5, 5.41) is 4.01. The summed E-state index contributed by atoms with van der Waals surface area (Å²) in [7, 11) is 0. The lowest BCUT2D eigenvalue weighted by molar-refractivity contribution is -0.151. The van der Waals surface area contributed by atoms with Crippen LogP contribution >= 0.6 is 0 Å². The minimum Gasteiger partial charge on any atom is -0.466 e. The summed E-state index contributed by atoms with van der Waals surface area (Å²) in [5.74, 6) is -1.39. The van der Waals surface area contributed by atoms with Gasteiger partial charge in [0.2, 0.25) is 5.91 Å². The second-order valence-corrected chi connectivity index (χ2v) is 7.33. The normalized spacial score (nSPS) is 16.5. The smallest absolute Gasteiger partial charge is 0.310 e. The van der Waals surface area contributed by atoms with Gasteiger partial charge in [-0.3, -0.25) is 19.0 Å². The molecule has 1 atom stereocenters. The van der Waals surface area contributed by atoms with Gasteiger partial charge >= 0.3 is 5.97 Å². The van der Waals surface area contributed by atoms with Crippen molar-refractivity contribution in [3.8, 4) is 11.3 Å². The third kappa shape index (κ3) is 4.18. The Labute approximate surface area is 176 Å². The number of rotatable bonds is 5. The topological polar surface area (TPSA) is 108 Å². The van der Waals surface area contributed by atoms with Crippen LogP contribution in [-0.4, -0.2) is 51.2 Å². The van der Waals surface area contributed by atoms with Gasteiger partial charge in [-0.25, -0.2) is 9.37 Å². The number of ether oxygens (including phenoxy) is 1. The number of amides is 1. The number of esters is 1. The van der Waals surface area contributed by atoms with E-state index in [1.54, 1.807) is 11.8 Å². The van der Waals surface area contributed by atoms with E-state index in [2.05, 4.69) is 10.1 Å². The average molecular weight is 428 g/mol. The van der Waals surface area contributed by atoms with Crippen molar-refractivity contribution in [2.24, 2.45) is 5.92 Å². The van der Waals surface area contributed by atoms with Crippen molar-refractivity contribution in [3.63, 3.8) is 0 Å². The molecule has 0 aliphatic carbocycles. The molecule has 1 aromatic carbocycles. The molecular weight excluding hydrogens is 407 g/mol. The maximum Gasteiger partial charge on any atom is 0.310 e. The summed E-state index contributed by atoms with van der Waals surface area (Å²) in [5.41, 5.74) is 0.275. The Hall–Kier alpha value is -3.56. The number of likely N-dealkylation sites (tertiary alicyclic amines) is 1. The zero-order valence-corrected chi connectivity index (χ0v) is 16.9. The highest BCUT2D eigenvalue weighted by molar-refractivity contribution is 5.88. The fourth-order valence-corrected chi connectivity index (χ4v) is 3.70. The SMILES string of the molecule is CCOC(=O)C1CCCN(C(=O)Cn2cnc3onc(-c4ccc(F)cc4)c3c2=O)C1. The molecule has 3 heterocycles. The summed E-state index contributed by atoms with van der Waals surface area (Å²) in [4.78, 5) is 43.5. The van der Waals surface area contributed by atoms with Gasteiger partial charge in [-0.15, -0.1) is 0 Å². The first-order chi connectivity index (χ1) is 15.0. The summed E-state index contributed by atoms with van der Waals surface area (Å²) in [6.07, 6.45) is 2.58. The molecule has 1 unspecified atom stereocenters. The zero-order valence-electron chi connectivity index (χ0n) is 16.9. The second kappa shape index (κ2) is 8.66. The Morgan fingerprint density at radius 1 is 1.29 bits per heavy atom. The van der Waals surface area contributed by atoms with Crippen molar-refractivity contribution >= 4 is 23.0 Å². The molecule has 31 heavy (non-hydrogen) atoms. The number of carbonyl (C=O) groups excluding carboxylic acids is 2. The van der Waals surface area contributed by atoms with E-state index < -0.39 is 11.4 Å². The summed E-state index contributed by atoms with van der Waals surface area (Å²) in [6.45, 7) is 2.57. The summed E-state index contributed by atoms with van der Waals surface area (Å²) >= 11 is 0. The van der Waals surface area contributed by atoms with Gasteiger partial charge in [0.1, 0.15) is 29.8 Å². The van der Waals surface area contributed by atoms with E-state index in [9.17, 15) is 18.8 Å². The predicted molar refractivity (Wildman–Crippen MR) is 107 cm³/mol. The van der Waals surface area contributed by atoms with Crippen molar-refractivity contribution in [2.75, 3.05) is 19.7 Å². The molecule has 3 aromatic rings. The zero-order chi connectivity index (χ0) is 22.0. The lowest BCUT2D eigenvalue weighted by Crippen LogP contribution is -2.45. The number of aromatic nitrogens is 3. The van der Waals surface area contributed by atoms with Crippen LogP contribution in [0.3, 0.4) is 0 Å². The van der Waals surface area contributed by atoms with Crippen LogP contribution in [0.2, 0.25) is 0 Å². The van der Waals surface area contributed by atoms with Gasteiger partial charge in [0, 0.05) is 18.7 Å². The standard InChI is InChI=1S/C21H21FN4O5/c1-2-30-21(29)14-4-3-9-25(10-14)16(27)11-26-12-23-19-17(20(26)28)18(24-31-19)13-5-7-15(22)8-6-13/h5-8,12,14H,2-4,9-11H2,1H3. The van der Waals surface area contributed by atoms with E-state index in [4.69, 9.17) is 9.26 Å². The van der Waals surface area contributed by atoms with Crippen molar-refractivity contribution in [2.45, 2.75) is 26.3 Å². The molecule has 10 heteroatoms. The minimum atomic E-state index is -0.488. The molecule has 0 radical (unpaired) electrons. The number of hydrogen-bond donors (Lipinski definition) is 0. The fraction of sp³-hybridized carbons (Fsp3) is 0.381. The maximum absolute atomic E-state index is 13.2. The average Bonchev–Trinajstić information content (AvgIpc) is 3.21. The van der Waals surface area contributed by atoms with Crippen LogP contribution in [0.4, 0.5) is 4.39 Å². The van der Waals surface area contributed by atoms with E-state index in [-0.39, 0.29) is 47.7 Å². The first-order valence-electron chi connectivity index (χ1n) is 10.0. The first kappa shape index (κ1) is 20.7. The molecule has 9 nitrogen and oxygen atoms in total. The molecule has 0 saturated carbocycles. The first-order valence-corrected chi connectivity index (χ1v) is 10.0. The maximum atomic E-state index is 13.2. The lowest BCUT2D eigenvalue weighted by atomic mass is 9.98. The molecule has 1 amide bonds. The molecule has 1 aliphatic heterocycles. The van der Waals surface area contributed by atoms with E-state index in [1.165, 1.54) is 35.2 Å². The van der Waals surface area contributed by atoms with Crippen LogP contribution in [0.1, 0.15) is 19.8 Å². The predicted octanol–water partition coefficient (Wildman–Crippen LogP) is 1.99.